The van der Waals surface area contributed by atoms with Crippen LogP contribution < -0.4 is 4.74 Å². The molecule has 1 aliphatic heterocycles. The number of ether oxygens (including phenoxy) is 2. The lowest BCUT2D eigenvalue weighted by atomic mass is 10.1. The first-order chi connectivity index (χ1) is 7.72. The lowest BCUT2D eigenvalue weighted by molar-refractivity contribution is -0.116. The maximum atomic E-state index is 9.61. The second-order valence-corrected chi connectivity index (χ2v) is 3.64. The van der Waals surface area contributed by atoms with E-state index < -0.39 is 24.6 Å². The second kappa shape index (κ2) is 4.80. The summed E-state index contributed by atoms with van der Waals surface area (Å²) in [5.74, 6) is 0.539. The molecular formula is C11H14O5. The number of hydrogen-bond acceptors (Lipinski definition) is 5. The Balaban J connectivity index is 2.01. The minimum Gasteiger partial charge on any atom is -0.462 e. The van der Waals surface area contributed by atoms with E-state index in [0.29, 0.717) is 5.75 Å². The Bertz CT molecular complexity index is 328. The molecule has 4 atom stereocenters. The minimum atomic E-state index is -1.16. The highest BCUT2D eigenvalue weighted by atomic mass is 16.7. The predicted molar refractivity (Wildman–Crippen MR) is 54.8 cm³/mol. The summed E-state index contributed by atoms with van der Waals surface area (Å²) >= 11 is 0. The Morgan fingerprint density at radius 3 is 2.38 bits per heavy atom. The summed E-state index contributed by atoms with van der Waals surface area (Å²) < 4.78 is 10.5. The standard InChI is InChI=1S/C11H14O5/c12-6-8-9(13)10(14)11(16-8)15-7-4-2-1-3-5-7/h1-5,8-14H,6H2/t8-,9+,10+,11-/m1/s1. The fraction of sp³-hybridized carbons (Fsp3) is 0.455. The van der Waals surface area contributed by atoms with Gasteiger partial charge in [0, 0.05) is 0 Å². The molecule has 5 heteroatoms. The smallest absolute Gasteiger partial charge is 0.229 e. The third-order valence-corrected chi connectivity index (χ3v) is 2.49. The Morgan fingerprint density at radius 1 is 1.12 bits per heavy atom. The lowest BCUT2D eigenvalue weighted by Gasteiger charge is -2.16. The first-order valence-corrected chi connectivity index (χ1v) is 5.06. The Morgan fingerprint density at radius 2 is 1.81 bits per heavy atom. The number of aliphatic hydroxyl groups excluding tert-OH is 3. The number of benzene rings is 1. The molecule has 1 aliphatic rings. The van der Waals surface area contributed by atoms with Crippen LogP contribution in [0.4, 0.5) is 0 Å². The molecular weight excluding hydrogens is 212 g/mol. The van der Waals surface area contributed by atoms with E-state index in [9.17, 15) is 10.2 Å². The number of rotatable bonds is 3. The van der Waals surface area contributed by atoms with E-state index in [1.165, 1.54) is 0 Å². The molecule has 3 N–H and O–H groups in total. The van der Waals surface area contributed by atoms with Gasteiger partial charge < -0.3 is 24.8 Å². The summed E-state index contributed by atoms with van der Waals surface area (Å²) in [6.07, 6.45) is -4.03. The van der Waals surface area contributed by atoms with Gasteiger partial charge in [-0.05, 0) is 12.1 Å². The van der Waals surface area contributed by atoms with Crippen molar-refractivity contribution in [2.24, 2.45) is 0 Å². The van der Waals surface area contributed by atoms with Gasteiger partial charge in [0.2, 0.25) is 6.29 Å². The maximum Gasteiger partial charge on any atom is 0.229 e. The van der Waals surface area contributed by atoms with E-state index in [1.54, 1.807) is 24.3 Å². The summed E-state index contributed by atoms with van der Waals surface area (Å²) in [7, 11) is 0. The van der Waals surface area contributed by atoms with Gasteiger partial charge >= 0.3 is 0 Å². The van der Waals surface area contributed by atoms with E-state index in [4.69, 9.17) is 14.6 Å². The molecule has 88 valence electrons. The van der Waals surface area contributed by atoms with Gasteiger partial charge in [-0.1, -0.05) is 18.2 Å². The maximum absolute atomic E-state index is 9.61. The quantitative estimate of drug-likeness (QED) is 0.648. The molecule has 0 saturated carbocycles. The van der Waals surface area contributed by atoms with Gasteiger partial charge in [0.15, 0.2) is 0 Å². The zero-order chi connectivity index (χ0) is 11.5. The van der Waals surface area contributed by atoms with Gasteiger partial charge in [0.25, 0.3) is 0 Å². The Kier molecular flexibility index (Phi) is 3.40. The van der Waals surface area contributed by atoms with Crippen LogP contribution >= 0.6 is 0 Å². The van der Waals surface area contributed by atoms with Crippen molar-refractivity contribution in [2.45, 2.75) is 24.6 Å². The second-order valence-electron chi connectivity index (χ2n) is 3.64. The highest BCUT2D eigenvalue weighted by Crippen LogP contribution is 2.24. The van der Waals surface area contributed by atoms with Crippen LogP contribution in [0.5, 0.6) is 5.75 Å². The van der Waals surface area contributed by atoms with Crippen molar-refractivity contribution in [1.82, 2.24) is 0 Å². The third kappa shape index (κ3) is 2.17. The third-order valence-electron chi connectivity index (χ3n) is 2.49. The molecule has 0 amide bonds. The molecule has 0 aliphatic carbocycles. The molecule has 1 heterocycles. The average molecular weight is 226 g/mol. The Labute approximate surface area is 92.9 Å². The largest absolute Gasteiger partial charge is 0.462 e. The van der Waals surface area contributed by atoms with Crippen LogP contribution in [0.15, 0.2) is 30.3 Å². The van der Waals surface area contributed by atoms with Crippen LogP contribution in [0.1, 0.15) is 0 Å². The fourth-order valence-corrected chi connectivity index (χ4v) is 1.60. The van der Waals surface area contributed by atoms with E-state index in [-0.39, 0.29) is 6.61 Å². The van der Waals surface area contributed by atoms with Crippen LogP contribution in [0.2, 0.25) is 0 Å². The van der Waals surface area contributed by atoms with E-state index >= 15 is 0 Å². The molecule has 16 heavy (non-hydrogen) atoms. The van der Waals surface area contributed by atoms with Crippen molar-refractivity contribution in [1.29, 1.82) is 0 Å². The summed E-state index contributed by atoms with van der Waals surface area (Å²) in [6, 6.07) is 8.85. The molecule has 0 spiro atoms. The van der Waals surface area contributed by atoms with Crippen LogP contribution in [0.25, 0.3) is 0 Å². The molecule has 0 aromatic heterocycles. The summed E-state index contributed by atoms with van der Waals surface area (Å²) in [4.78, 5) is 0. The van der Waals surface area contributed by atoms with Crippen molar-refractivity contribution >= 4 is 0 Å². The van der Waals surface area contributed by atoms with Gasteiger partial charge in [-0.15, -0.1) is 0 Å². The first kappa shape index (κ1) is 11.3. The number of hydrogen-bond donors (Lipinski definition) is 3. The molecule has 0 unspecified atom stereocenters. The van der Waals surface area contributed by atoms with Gasteiger partial charge in [-0.2, -0.15) is 0 Å². The van der Waals surface area contributed by atoms with Gasteiger partial charge in [0.05, 0.1) is 6.61 Å². The number of para-hydroxylation sites is 1. The van der Waals surface area contributed by atoms with Crippen LogP contribution in [-0.4, -0.2) is 46.5 Å². The Hall–Kier alpha value is -1.14. The topological polar surface area (TPSA) is 79.2 Å². The van der Waals surface area contributed by atoms with Gasteiger partial charge in [0.1, 0.15) is 24.1 Å². The summed E-state index contributed by atoms with van der Waals surface area (Å²) in [5, 5.41) is 28.0. The van der Waals surface area contributed by atoms with Crippen molar-refractivity contribution in [3.05, 3.63) is 30.3 Å². The van der Waals surface area contributed by atoms with Crippen molar-refractivity contribution in [3.63, 3.8) is 0 Å². The monoisotopic (exact) mass is 226 g/mol. The molecule has 1 saturated heterocycles. The van der Waals surface area contributed by atoms with Crippen LogP contribution in [0.3, 0.4) is 0 Å². The van der Waals surface area contributed by atoms with Crippen molar-refractivity contribution in [3.8, 4) is 5.75 Å². The molecule has 1 fully saturated rings. The SMILES string of the molecule is OC[C@H]1O[C@@H](Oc2ccccc2)[C@@H](O)[C@H]1O. The molecule has 1 aromatic carbocycles. The van der Waals surface area contributed by atoms with Crippen molar-refractivity contribution < 1.29 is 24.8 Å². The summed E-state index contributed by atoms with van der Waals surface area (Å²) in [5.41, 5.74) is 0. The number of aliphatic hydroxyl groups is 3. The van der Waals surface area contributed by atoms with Crippen molar-refractivity contribution in [2.75, 3.05) is 6.61 Å². The highest BCUT2D eigenvalue weighted by Gasteiger charge is 2.43. The molecule has 1 aromatic rings. The minimum absolute atomic E-state index is 0.354. The lowest BCUT2D eigenvalue weighted by Crippen LogP contribution is -2.35. The predicted octanol–water partition coefficient (Wildman–Crippen LogP) is -0.496. The molecule has 0 bridgehead atoms. The molecule has 5 nitrogen and oxygen atoms in total. The summed E-state index contributed by atoms with van der Waals surface area (Å²) in [6.45, 7) is -0.354. The van der Waals surface area contributed by atoms with E-state index in [0.717, 1.165) is 0 Å². The van der Waals surface area contributed by atoms with Gasteiger partial charge in [-0.25, -0.2) is 0 Å². The zero-order valence-corrected chi connectivity index (χ0v) is 8.56. The highest BCUT2D eigenvalue weighted by molar-refractivity contribution is 5.21. The molecule has 2 rings (SSSR count). The average Bonchev–Trinajstić information content (AvgIpc) is 2.58. The first-order valence-electron chi connectivity index (χ1n) is 5.06. The molecule has 0 radical (unpaired) electrons. The van der Waals surface area contributed by atoms with E-state index in [1.807, 2.05) is 6.07 Å². The normalized spacial score (nSPS) is 33.9. The zero-order valence-electron chi connectivity index (χ0n) is 8.56. The van der Waals surface area contributed by atoms with Crippen LogP contribution in [-0.2, 0) is 4.74 Å². The van der Waals surface area contributed by atoms with E-state index in [2.05, 4.69) is 0 Å². The van der Waals surface area contributed by atoms with Crippen LogP contribution in [0, 0.1) is 0 Å². The fourth-order valence-electron chi connectivity index (χ4n) is 1.60. The van der Waals surface area contributed by atoms with Gasteiger partial charge in [-0.3, -0.25) is 0 Å².